The van der Waals surface area contributed by atoms with Crippen molar-refractivity contribution in [2.24, 2.45) is 0 Å². The average Bonchev–Trinajstić information content (AvgIpc) is 2.86. The predicted octanol–water partition coefficient (Wildman–Crippen LogP) is 2.47. The molecule has 1 aliphatic rings. The molecule has 2 rings (SSSR count). The molecule has 2 atom stereocenters. The Kier molecular flexibility index (Phi) is 5.80. The molecule has 1 heterocycles. The van der Waals surface area contributed by atoms with Gasteiger partial charge in [-0.1, -0.05) is 6.07 Å². The summed E-state index contributed by atoms with van der Waals surface area (Å²) < 4.78 is 5.57. The highest BCUT2D eigenvalue weighted by atomic mass is 16.5. The van der Waals surface area contributed by atoms with Gasteiger partial charge in [-0.2, -0.15) is 0 Å². The molecule has 0 spiro atoms. The second kappa shape index (κ2) is 7.61. The molecule has 0 aromatic heterocycles. The Balaban J connectivity index is 1.98. The van der Waals surface area contributed by atoms with Gasteiger partial charge >= 0.3 is 0 Å². The highest BCUT2D eigenvalue weighted by molar-refractivity contribution is 5.92. The van der Waals surface area contributed by atoms with Crippen LogP contribution in [0.4, 0.5) is 11.4 Å². The third-order valence-corrected chi connectivity index (χ3v) is 4.03. The van der Waals surface area contributed by atoms with E-state index in [1.165, 1.54) is 0 Å². The van der Waals surface area contributed by atoms with E-state index >= 15 is 0 Å². The van der Waals surface area contributed by atoms with Gasteiger partial charge in [0.15, 0.2) is 0 Å². The lowest BCUT2D eigenvalue weighted by Crippen LogP contribution is -2.26. The van der Waals surface area contributed by atoms with Crippen molar-refractivity contribution in [2.45, 2.75) is 38.8 Å². The number of nitrogens with zero attached hydrogens (tertiary/aromatic N) is 1. The largest absolute Gasteiger partial charge is 0.380 e. The Labute approximate surface area is 133 Å². The number of benzene rings is 1. The zero-order valence-electron chi connectivity index (χ0n) is 14.0. The van der Waals surface area contributed by atoms with E-state index in [2.05, 4.69) is 23.6 Å². The van der Waals surface area contributed by atoms with Gasteiger partial charge in [-0.3, -0.25) is 4.79 Å². The Morgan fingerprint density at radius 1 is 1.41 bits per heavy atom. The predicted molar refractivity (Wildman–Crippen MR) is 90.4 cm³/mol. The fraction of sp³-hybridized carbons (Fsp3) is 0.588. The number of hydrogen-bond donors (Lipinski definition) is 2. The molecule has 0 aliphatic carbocycles. The molecule has 2 N–H and O–H groups in total. The van der Waals surface area contributed by atoms with Crippen molar-refractivity contribution in [1.29, 1.82) is 0 Å². The minimum Gasteiger partial charge on any atom is -0.380 e. The van der Waals surface area contributed by atoms with Crippen LogP contribution in [0.25, 0.3) is 0 Å². The molecule has 0 unspecified atom stereocenters. The highest BCUT2D eigenvalue weighted by Crippen LogP contribution is 2.24. The quantitative estimate of drug-likeness (QED) is 0.848. The molecule has 1 amide bonds. The molecule has 1 fully saturated rings. The number of ether oxygens (including phenoxy) is 1. The first-order valence-corrected chi connectivity index (χ1v) is 7.89. The van der Waals surface area contributed by atoms with Gasteiger partial charge in [0.1, 0.15) is 0 Å². The van der Waals surface area contributed by atoms with Crippen molar-refractivity contribution in [2.75, 3.05) is 37.9 Å². The van der Waals surface area contributed by atoms with Gasteiger partial charge < -0.3 is 20.3 Å². The van der Waals surface area contributed by atoms with Crippen LogP contribution in [0.3, 0.4) is 0 Å². The number of aryl methyl sites for hydroxylation is 1. The van der Waals surface area contributed by atoms with Crippen LogP contribution in [0.15, 0.2) is 18.2 Å². The molecular formula is C17H27N3O2. The minimum atomic E-state index is 0.0477. The van der Waals surface area contributed by atoms with Crippen molar-refractivity contribution >= 4 is 17.3 Å². The summed E-state index contributed by atoms with van der Waals surface area (Å²) in [7, 11) is 3.93. The van der Waals surface area contributed by atoms with E-state index < -0.39 is 0 Å². The molecule has 0 saturated carbocycles. The molecule has 1 aromatic carbocycles. The molecule has 0 radical (unpaired) electrons. The van der Waals surface area contributed by atoms with E-state index in [0.29, 0.717) is 12.5 Å². The lowest BCUT2D eigenvalue weighted by Gasteiger charge is -2.19. The van der Waals surface area contributed by atoms with Crippen LogP contribution in [-0.2, 0) is 9.53 Å². The lowest BCUT2D eigenvalue weighted by molar-refractivity contribution is -0.116. The normalized spacial score (nSPS) is 21.1. The summed E-state index contributed by atoms with van der Waals surface area (Å²) in [4.78, 5) is 14.0. The van der Waals surface area contributed by atoms with Gasteiger partial charge in [-0.15, -0.1) is 0 Å². The number of amides is 1. The molecule has 1 saturated heterocycles. The number of carbonyl (C=O) groups is 1. The molecule has 1 aliphatic heterocycles. The van der Waals surface area contributed by atoms with E-state index in [9.17, 15) is 4.79 Å². The topological polar surface area (TPSA) is 53.6 Å². The second-order valence-electron chi connectivity index (χ2n) is 6.25. The molecule has 1 aromatic rings. The fourth-order valence-electron chi connectivity index (χ4n) is 2.52. The number of carbonyl (C=O) groups excluding carboxylic acids is 1. The third kappa shape index (κ3) is 4.71. The van der Waals surface area contributed by atoms with Crippen LogP contribution < -0.4 is 10.6 Å². The summed E-state index contributed by atoms with van der Waals surface area (Å²) in [5.74, 6) is 0.0477. The van der Waals surface area contributed by atoms with Crippen molar-refractivity contribution in [3.63, 3.8) is 0 Å². The standard InChI is InChI=1S/C17H27N3O2/c1-12-5-6-14(18-15-8-10-22-13(15)2)11-16(12)19-17(21)7-9-20(3)4/h5-6,11,13,15,18H,7-10H2,1-4H3,(H,19,21)/t13-,15+/m1/s1. The first-order valence-electron chi connectivity index (χ1n) is 7.89. The van der Waals surface area contributed by atoms with Crippen molar-refractivity contribution in [3.8, 4) is 0 Å². The SMILES string of the molecule is Cc1ccc(N[C@H]2CCO[C@@H]2C)cc1NC(=O)CCN(C)C. The summed E-state index contributed by atoms with van der Waals surface area (Å²) >= 11 is 0. The summed E-state index contributed by atoms with van der Waals surface area (Å²) in [6.07, 6.45) is 1.73. The second-order valence-corrected chi connectivity index (χ2v) is 6.25. The Morgan fingerprint density at radius 2 is 2.18 bits per heavy atom. The number of hydrogen-bond acceptors (Lipinski definition) is 4. The van der Waals surface area contributed by atoms with Crippen LogP contribution in [0.1, 0.15) is 25.3 Å². The molecule has 5 heteroatoms. The van der Waals surface area contributed by atoms with E-state index in [1.54, 1.807) is 0 Å². The number of rotatable bonds is 6. The van der Waals surface area contributed by atoms with Crippen LogP contribution in [-0.4, -0.2) is 50.2 Å². The van der Waals surface area contributed by atoms with Crippen LogP contribution in [0.5, 0.6) is 0 Å². The monoisotopic (exact) mass is 305 g/mol. The zero-order valence-corrected chi connectivity index (χ0v) is 14.0. The first-order chi connectivity index (χ1) is 10.5. The lowest BCUT2D eigenvalue weighted by atomic mass is 10.1. The van der Waals surface area contributed by atoms with Crippen LogP contribution >= 0.6 is 0 Å². The zero-order chi connectivity index (χ0) is 16.1. The van der Waals surface area contributed by atoms with Crippen LogP contribution in [0.2, 0.25) is 0 Å². The first kappa shape index (κ1) is 16.8. The van der Waals surface area contributed by atoms with E-state index in [4.69, 9.17) is 4.74 Å². The maximum atomic E-state index is 12.0. The molecule has 22 heavy (non-hydrogen) atoms. The van der Waals surface area contributed by atoms with Gasteiger partial charge in [0.25, 0.3) is 0 Å². The van der Waals surface area contributed by atoms with Crippen molar-refractivity contribution in [1.82, 2.24) is 4.90 Å². The Morgan fingerprint density at radius 3 is 2.82 bits per heavy atom. The fourth-order valence-corrected chi connectivity index (χ4v) is 2.52. The summed E-state index contributed by atoms with van der Waals surface area (Å²) in [6, 6.07) is 6.42. The maximum Gasteiger partial charge on any atom is 0.225 e. The number of anilines is 2. The van der Waals surface area contributed by atoms with Crippen molar-refractivity contribution in [3.05, 3.63) is 23.8 Å². The van der Waals surface area contributed by atoms with Gasteiger partial charge in [-0.05, 0) is 52.1 Å². The molecule has 122 valence electrons. The van der Waals surface area contributed by atoms with E-state index in [1.807, 2.05) is 38.1 Å². The summed E-state index contributed by atoms with van der Waals surface area (Å²) in [5.41, 5.74) is 2.97. The Hall–Kier alpha value is -1.59. The summed E-state index contributed by atoms with van der Waals surface area (Å²) in [6.45, 7) is 5.65. The van der Waals surface area contributed by atoms with Gasteiger partial charge in [0, 0.05) is 30.9 Å². The van der Waals surface area contributed by atoms with Gasteiger partial charge in [-0.25, -0.2) is 0 Å². The van der Waals surface area contributed by atoms with Gasteiger partial charge in [0.2, 0.25) is 5.91 Å². The molecule has 5 nitrogen and oxygen atoms in total. The maximum absolute atomic E-state index is 12.0. The average molecular weight is 305 g/mol. The summed E-state index contributed by atoms with van der Waals surface area (Å²) in [5, 5.41) is 6.50. The highest BCUT2D eigenvalue weighted by Gasteiger charge is 2.23. The van der Waals surface area contributed by atoms with Gasteiger partial charge in [0.05, 0.1) is 12.1 Å². The molecule has 0 bridgehead atoms. The number of nitrogens with one attached hydrogen (secondary N) is 2. The minimum absolute atomic E-state index is 0.0477. The van der Waals surface area contributed by atoms with E-state index in [0.717, 1.165) is 36.5 Å². The molecular weight excluding hydrogens is 278 g/mol. The third-order valence-electron chi connectivity index (χ3n) is 4.03. The van der Waals surface area contributed by atoms with Crippen molar-refractivity contribution < 1.29 is 9.53 Å². The van der Waals surface area contributed by atoms with Crippen LogP contribution in [0, 0.1) is 6.92 Å². The van der Waals surface area contributed by atoms with E-state index in [-0.39, 0.29) is 12.0 Å². The smallest absolute Gasteiger partial charge is 0.225 e. The Bertz CT molecular complexity index is 517.